The standard InChI is InChI=1S/C18H22F3N3O2/c19-18(20,21)14-4-1-12(2-5-14)16(25)23-7-9-24(10-8-23)17(26)13-3-6-15(22)11-13/h1-2,4-5,13,15H,3,6-11,22H2. The Labute approximate surface area is 149 Å². The fourth-order valence-corrected chi connectivity index (χ4v) is 3.61. The number of rotatable bonds is 2. The van der Waals surface area contributed by atoms with Crippen LogP contribution in [0.15, 0.2) is 24.3 Å². The Kier molecular flexibility index (Phi) is 5.22. The van der Waals surface area contributed by atoms with Gasteiger partial charge in [0.05, 0.1) is 5.56 Å². The molecule has 0 radical (unpaired) electrons. The molecular weight excluding hydrogens is 347 g/mol. The molecule has 1 heterocycles. The first-order valence-corrected chi connectivity index (χ1v) is 8.76. The molecule has 1 aromatic rings. The smallest absolute Gasteiger partial charge is 0.339 e. The summed E-state index contributed by atoms with van der Waals surface area (Å²) < 4.78 is 37.8. The van der Waals surface area contributed by atoms with Crippen molar-refractivity contribution in [2.75, 3.05) is 26.2 Å². The minimum atomic E-state index is -4.42. The number of amides is 2. The monoisotopic (exact) mass is 369 g/mol. The minimum absolute atomic E-state index is 0.0258. The van der Waals surface area contributed by atoms with Crippen molar-refractivity contribution in [3.05, 3.63) is 35.4 Å². The number of benzene rings is 1. The number of carbonyl (C=O) groups excluding carboxylic acids is 2. The van der Waals surface area contributed by atoms with Crippen LogP contribution in [-0.2, 0) is 11.0 Å². The van der Waals surface area contributed by atoms with E-state index in [1.54, 1.807) is 9.80 Å². The Morgan fingerprint density at radius 2 is 1.54 bits per heavy atom. The van der Waals surface area contributed by atoms with Crippen LogP contribution in [0.2, 0.25) is 0 Å². The zero-order chi connectivity index (χ0) is 18.9. The highest BCUT2D eigenvalue weighted by Crippen LogP contribution is 2.29. The molecule has 1 aliphatic carbocycles. The van der Waals surface area contributed by atoms with E-state index in [0.717, 1.165) is 25.0 Å². The SMILES string of the molecule is NC1CCC(C(=O)N2CCN(C(=O)c3ccc(C(F)(F)F)cc3)CC2)C1. The first-order chi connectivity index (χ1) is 12.3. The van der Waals surface area contributed by atoms with Gasteiger partial charge >= 0.3 is 6.18 Å². The number of carbonyl (C=O) groups is 2. The van der Waals surface area contributed by atoms with Crippen LogP contribution in [0, 0.1) is 5.92 Å². The summed E-state index contributed by atoms with van der Waals surface area (Å²) in [6.07, 6.45) is -2.03. The lowest BCUT2D eigenvalue weighted by Gasteiger charge is -2.36. The lowest BCUT2D eigenvalue weighted by molar-refractivity contribution is -0.138. The highest BCUT2D eigenvalue weighted by atomic mass is 19.4. The van der Waals surface area contributed by atoms with Gasteiger partial charge in [0.15, 0.2) is 0 Å². The lowest BCUT2D eigenvalue weighted by atomic mass is 10.1. The molecule has 3 rings (SSSR count). The number of alkyl halides is 3. The molecule has 0 spiro atoms. The summed E-state index contributed by atoms with van der Waals surface area (Å²) in [6, 6.07) is 4.31. The van der Waals surface area contributed by atoms with Gasteiger partial charge in [-0.25, -0.2) is 0 Å². The molecule has 1 saturated heterocycles. The maximum atomic E-state index is 12.6. The number of hydrogen-bond acceptors (Lipinski definition) is 3. The first kappa shape index (κ1) is 18.7. The third-order valence-corrected chi connectivity index (χ3v) is 5.16. The van der Waals surface area contributed by atoms with Crippen molar-refractivity contribution in [1.82, 2.24) is 9.80 Å². The maximum absolute atomic E-state index is 12.6. The average molecular weight is 369 g/mol. The number of hydrogen-bond donors (Lipinski definition) is 1. The van der Waals surface area contributed by atoms with E-state index >= 15 is 0 Å². The van der Waals surface area contributed by atoms with Crippen LogP contribution < -0.4 is 5.73 Å². The van der Waals surface area contributed by atoms with Crippen molar-refractivity contribution >= 4 is 11.8 Å². The van der Waals surface area contributed by atoms with Crippen LogP contribution in [0.25, 0.3) is 0 Å². The molecule has 2 unspecified atom stereocenters. The molecule has 8 heteroatoms. The lowest BCUT2D eigenvalue weighted by Crippen LogP contribution is -2.51. The number of nitrogens with two attached hydrogens (primary N) is 1. The van der Waals surface area contributed by atoms with Crippen molar-refractivity contribution in [2.24, 2.45) is 11.7 Å². The number of nitrogens with zero attached hydrogens (tertiary/aromatic N) is 2. The molecule has 1 saturated carbocycles. The van der Waals surface area contributed by atoms with Gasteiger partial charge in [0.2, 0.25) is 5.91 Å². The van der Waals surface area contributed by atoms with Gasteiger partial charge in [0.25, 0.3) is 5.91 Å². The van der Waals surface area contributed by atoms with Crippen molar-refractivity contribution in [3.8, 4) is 0 Å². The van der Waals surface area contributed by atoms with Gasteiger partial charge in [-0.3, -0.25) is 9.59 Å². The highest BCUT2D eigenvalue weighted by Gasteiger charge is 2.34. The first-order valence-electron chi connectivity index (χ1n) is 8.76. The molecule has 1 aliphatic heterocycles. The molecule has 5 nitrogen and oxygen atoms in total. The van der Waals surface area contributed by atoms with E-state index in [9.17, 15) is 22.8 Å². The molecule has 0 aromatic heterocycles. The zero-order valence-corrected chi connectivity index (χ0v) is 14.3. The molecule has 2 atom stereocenters. The predicted molar refractivity (Wildman–Crippen MR) is 89.2 cm³/mol. The van der Waals surface area contributed by atoms with E-state index in [1.165, 1.54) is 12.1 Å². The van der Waals surface area contributed by atoms with E-state index in [-0.39, 0.29) is 29.3 Å². The van der Waals surface area contributed by atoms with Gasteiger partial charge in [-0.05, 0) is 43.5 Å². The van der Waals surface area contributed by atoms with Gasteiger partial charge in [-0.1, -0.05) is 0 Å². The summed E-state index contributed by atoms with van der Waals surface area (Å²) in [5.74, 6) is -0.240. The Bertz CT molecular complexity index is 667. The van der Waals surface area contributed by atoms with E-state index < -0.39 is 11.7 Å². The summed E-state index contributed by atoms with van der Waals surface area (Å²) in [4.78, 5) is 28.3. The Balaban J connectivity index is 1.56. The fraction of sp³-hybridized carbons (Fsp3) is 0.556. The molecule has 2 N–H and O–H groups in total. The molecule has 2 aliphatic rings. The molecule has 1 aromatic carbocycles. The Morgan fingerprint density at radius 1 is 0.962 bits per heavy atom. The minimum Gasteiger partial charge on any atom is -0.339 e. The summed E-state index contributed by atoms with van der Waals surface area (Å²) in [7, 11) is 0. The normalized spacial score (nSPS) is 24.0. The zero-order valence-electron chi connectivity index (χ0n) is 14.3. The number of halogens is 3. The highest BCUT2D eigenvalue weighted by molar-refractivity contribution is 5.94. The van der Waals surface area contributed by atoms with Crippen LogP contribution in [-0.4, -0.2) is 53.8 Å². The fourth-order valence-electron chi connectivity index (χ4n) is 3.61. The van der Waals surface area contributed by atoms with Crippen molar-refractivity contribution in [2.45, 2.75) is 31.5 Å². The summed E-state index contributed by atoms with van der Waals surface area (Å²) >= 11 is 0. The quantitative estimate of drug-likeness (QED) is 0.868. The number of piperazine rings is 1. The maximum Gasteiger partial charge on any atom is 0.416 e. The summed E-state index contributed by atoms with van der Waals surface area (Å²) in [6.45, 7) is 1.64. The third kappa shape index (κ3) is 4.00. The van der Waals surface area contributed by atoms with Gasteiger partial charge < -0.3 is 15.5 Å². The van der Waals surface area contributed by atoms with Gasteiger partial charge in [-0.15, -0.1) is 0 Å². The third-order valence-electron chi connectivity index (χ3n) is 5.16. The Hall–Kier alpha value is -2.09. The molecular formula is C18H22F3N3O2. The van der Waals surface area contributed by atoms with Crippen LogP contribution in [0.4, 0.5) is 13.2 Å². The largest absolute Gasteiger partial charge is 0.416 e. The van der Waals surface area contributed by atoms with Crippen LogP contribution in [0.5, 0.6) is 0 Å². The molecule has 142 valence electrons. The predicted octanol–water partition coefficient (Wildman–Crippen LogP) is 2.12. The average Bonchev–Trinajstić information content (AvgIpc) is 3.06. The van der Waals surface area contributed by atoms with E-state index in [4.69, 9.17) is 5.73 Å². The van der Waals surface area contributed by atoms with Crippen molar-refractivity contribution in [3.63, 3.8) is 0 Å². The summed E-state index contributed by atoms with van der Waals surface area (Å²) in [5.41, 5.74) is 5.31. The van der Waals surface area contributed by atoms with Crippen LogP contribution in [0.3, 0.4) is 0 Å². The van der Waals surface area contributed by atoms with E-state index in [0.29, 0.717) is 32.6 Å². The van der Waals surface area contributed by atoms with Gasteiger partial charge in [0, 0.05) is 43.7 Å². The van der Waals surface area contributed by atoms with Crippen molar-refractivity contribution in [1.29, 1.82) is 0 Å². The van der Waals surface area contributed by atoms with Gasteiger partial charge in [0.1, 0.15) is 0 Å². The second kappa shape index (κ2) is 7.26. The van der Waals surface area contributed by atoms with Gasteiger partial charge in [-0.2, -0.15) is 13.2 Å². The Morgan fingerprint density at radius 3 is 2.04 bits per heavy atom. The summed E-state index contributed by atoms with van der Waals surface area (Å²) in [5, 5.41) is 0. The van der Waals surface area contributed by atoms with Crippen LogP contribution in [0.1, 0.15) is 35.2 Å². The van der Waals surface area contributed by atoms with Crippen LogP contribution >= 0.6 is 0 Å². The molecule has 2 fully saturated rings. The van der Waals surface area contributed by atoms with E-state index in [2.05, 4.69) is 0 Å². The topological polar surface area (TPSA) is 66.6 Å². The molecule has 26 heavy (non-hydrogen) atoms. The second-order valence-electron chi connectivity index (χ2n) is 6.96. The second-order valence-corrected chi connectivity index (χ2v) is 6.96. The van der Waals surface area contributed by atoms with Crippen molar-refractivity contribution < 1.29 is 22.8 Å². The molecule has 2 amide bonds. The van der Waals surface area contributed by atoms with E-state index in [1.807, 2.05) is 0 Å². The molecule has 0 bridgehead atoms.